The van der Waals surface area contributed by atoms with Crippen LogP contribution in [0.1, 0.15) is 42.6 Å². The van der Waals surface area contributed by atoms with Gasteiger partial charge in [0.25, 0.3) is 5.91 Å². The van der Waals surface area contributed by atoms with Crippen LogP contribution in [0.5, 0.6) is 5.75 Å². The molecule has 0 bridgehead atoms. The third-order valence-corrected chi connectivity index (χ3v) is 6.65. The number of para-hydroxylation sites is 1. The molecule has 2 amide bonds. The lowest BCUT2D eigenvalue weighted by atomic mass is 9.97. The maximum Gasteiger partial charge on any atom is 0.258 e. The number of anilines is 1. The number of fused-ring (bicyclic) bond motifs is 1. The minimum Gasteiger partial charge on any atom is -0.484 e. The molecule has 2 aliphatic heterocycles. The van der Waals surface area contributed by atoms with Crippen LogP contribution in [-0.2, 0) is 11.3 Å². The van der Waals surface area contributed by atoms with Gasteiger partial charge in [-0.1, -0.05) is 29.8 Å². The lowest BCUT2D eigenvalue weighted by molar-refractivity contribution is -0.120. The number of hydrogen-bond acceptors (Lipinski definition) is 5. The first-order valence-electron chi connectivity index (χ1n) is 12.0. The largest absolute Gasteiger partial charge is 0.484 e. The molecule has 0 aromatic heterocycles. The number of halogens is 1. The van der Waals surface area contributed by atoms with Crippen molar-refractivity contribution in [2.24, 2.45) is 5.92 Å². The molecule has 2 aromatic rings. The first-order chi connectivity index (χ1) is 16.4. The molecular weight excluding hydrogens is 452 g/mol. The highest BCUT2D eigenvalue weighted by Crippen LogP contribution is 2.34. The monoisotopic (exact) mass is 484 g/mol. The Morgan fingerprint density at radius 1 is 1.18 bits per heavy atom. The quantitative estimate of drug-likeness (QED) is 0.558. The van der Waals surface area contributed by atoms with E-state index in [-0.39, 0.29) is 29.9 Å². The fourth-order valence-electron chi connectivity index (χ4n) is 4.44. The molecule has 34 heavy (non-hydrogen) atoms. The van der Waals surface area contributed by atoms with Crippen LogP contribution in [-0.4, -0.2) is 55.0 Å². The number of amides is 2. The van der Waals surface area contributed by atoms with Crippen molar-refractivity contribution in [3.63, 3.8) is 0 Å². The van der Waals surface area contributed by atoms with E-state index in [1.807, 2.05) is 49.1 Å². The SMILES string of the molecule is CC(C)N1C[C@H](CNCc2ccc(Cl)cc2)Oc2c(NC(=O)C3CCNCC3)cccc2C1=O. The normalized spacial score (nSPS) is 18.9. The Labute approximate surface area is 206 Å². The van der Waals surface area contributed by atoms with E-state index in [0.29, 0.717) is 41.7 Å². The molecule has 4 rings (SSSR count). The molecule has 8 heteroatoms. The molecule has 2 aromatic carbocycles. The molecule has 3 N–H and O–H groups in total. The number of nitrogens with one attached hydrogen (secondary N) is 3. The molecule has 2 aliphatic rings. The number of nitrogens with zero attached hydrogens (tertiary/aromatic N) is 1. The van der Waals surface area contributed by atoms with Gasteiger partial charge in [0.05, 0.1) is 17.8 Å². The Balaban J connectivity index is 1.52. The molecule has 0 radical (unpaired) electrons. The minimum atomic E-state index is -0.267. The second-order valence-corrected chi connectivity index (χ2v) is 9.68. The Hall–Kier alpha value is -2.61. The van der Waals surface area contributed by atoms with Gasteiger partial charge in [0.2, 0.25) is 5.91 Å². The number of ether oxygens (including phenoxy) is 1. The van der Waals surface area contributed by atoms with E-state index < -0.39 is 0 Å². The van der Waals surface area contributed by atoms with E-state index in [2.05, 4.69) is 16.0 Å². The summed E-state index contributed by atoms with van der Waals surface area (Å²) in [5.74, 6) is 0.315. The summed E-state index contributed by atoms with van der Waals surface area (Å²) in [6.45, 7) is 7.35. The molecule has 1 atom stereocenters. The zero-order valence-corrected chi connectivity index (χ0v) is 20.5. The predicted octanol–water partition coefficient (Wildman–Crippen LogP) is 3.68. The molecular formula is C26H33ClN4O3. The standard InChI is InChI=1S/C26H33ClN4O3/c1-17(2)31-16-21(15-29-14-18-6-8-20(27)9-7-18)34-24-22(26(31)33)4-3-5-23(24)30-25(32)19-10-12-28-13-11-19/h3-9,17,19,21,28-29H,10-16H2,1-2H3,(H,30,32)/t21-/m0/s1. The molecule has 7 nitrogen and oxygen atoms in total. The summed E-state index contributed by atoms with van der Waals surface area (Å²) in [6, 6.07) is 13.1. The number of hydrogen-bond donors (Lipinski definition) is 3. The lowest BCUT2D eigenvalue weighted by Crippen LogP contribution is -2.44. The fourth-order valence-corrected chi connectivity index (χ4v) is 4.57. The van der Waals surface area contributed by atoms with Crippen molar-refractivity contribution in [3.05, 3.63) is 58.6 Å². The maximum absolute atomic E-state index is 13.4. The van der Waals surface area contributed by atoms with E-state index in [0.717, 1.165) is 31.5 Å². The fraction of sp³-hybridized carbons (Fsp3) is 0.462. The van der Waals surface area contributed by atoms with Gasteiger partial charge >= 0.3 is 0 Å². The highest BCUT2D eigenvalue weighted by atomic mass is 35.5. The van der Waals surface area contributed by atoms with Gasteiger partial charge in [0.1, 0.15) is 6.10 Å². The van der Waals surface area contributed by atoms with Crippen LogP contribution in [0.4, 0.5) is 5.69 Å². The predicted molar refractivity (Wildman–Crippen MR) is 134 cm³/mol. The van der Waals surface area contributed by atoms with Crippen molar-refractivity contribution in [1.82, 2.24) is 15.5 Å². The van der Waals surface area contributed by atoms with E-state index >= 15 is 0 Å². The number of carbonyl (C=O) groups is 2. The van der Waals surface area contributed by atoms with Crippen LogP contribution >= 0.6 is 11.6 Å². The van der Waals surface area contributed by atoms with Crippen LogP contribution in [0.25, 0.3) is 0 Å². The number of carbonyl (C=O) groups excluding carboxylic acids is 2. The Morgan fingerprint density at radius 2 is 1.91 bits per heavy atom. The summed E-state index contributed by atoms with van der Waals surface area (Å²) in [6.07, 6.45) is 1.34. The van der Waals surface area contributed by atoms with Crippen LogP contribution in [0.2, 0.25) is 5.02 Å². The average molecular weight is 485 g/mol. The summed E-state index contributed by atoms with van der Waals surface area (Å²) in [4.78, 5) is 28.1. The van der Waals surface area contributed by atoms with Crippen molar-refractivity contribution >= 4 is 29.1 Å². The number of rotatable bonds is 7. The van der Waals surface area contributed by atoms with E-state index in [1.165, 1.54) is 0 Å². The van der Waals surface area contributed by atoms with Gasteiger partial charge < -0.3 is 25.6 Å². The third kappa shape index (κ3) is 5.90. The molecule has 1 saturated heterocycles. The minimum absolute atomic E-state index is 0.0201. The van der Waals surface area contributed by atoms with E-state index in [1.54, 1.807) is 12.1 Å². The zero-order valence-electron chi connectivity index (χ0n) is 19.8. The summed E-state index contributed by atoms with van der Waals surface area (Å²) < 4.78 is 6.41. The number of piperidine rings is 1. The van der Waals surface area contributed by atoms with Gasteiger partial charge in [0.15, 0.2) is 5.75 Å². The summed E-state index contributed by atoms with van der Waals surface area (Å²) >= 11 is 5.98. The molecule has 0 saturated carbocycles. The summed E-state index contributed by atoms with van der Waals surface area (Å²) in [5, 5.41) is 10.5. The maximum atomic E-state index is 13.4. The van der Waals surface area contributed by atoms with Crippen molar-refractivity contribution in [2.45, 2.75) is 45.4 Å². The van der Waals surface area contributed by atoms with Gasteiger partial charge in [-0.3, -0.25) is 9.59 Å². The van der Waals surface area contributed by atoms with E-state index in [9.17, 15) is 9.59 Å². The van der Waals surface area contributed by atoms with Gasteiger partial charge in [-0.05, 0) is 69.6 Å². The van der Waals surface area contributed by atoms with Crippen LogP contribution in [0.3, 0.4) is 0 Å². The summed E-state index contributed by atoms with van der Waals surface area (Å²) in [5.41, 5.74) is 2.16. The lowest BCUT2D eigenvalue weighted by Gasteiger charge is -2.28. The Kier molecular flexibility index (Phi) is 8.08. The Bertz CT molecular complexity index is 1010. The third-order valence-electron chi connectivity index (χ3n) is 6.40. The molecule has 0 spiro atoms. The Morgan fingerprint density at radius 3 is 2.62 bits per heavy atom. The molecule has 182 valence electrons. The van der Waals surface area contributed by atoms with Crippen LogP contribution in [0.15, 0.2) is 42.5 Å². The topological polar surface area (TPSA) is 82.7 Å². The van der Waals surface area contributed by atoms with Crippen molar-refractivity contribution in [1.29, 1.82) is 0 Å². The summed E-state index contributed by atoms with van der Waals surface area (Å²) in [7, 11) is 0. The second kappa shape index (κ2) is 11.2. The number of benzene rings is 2. The smallest absolute Gasteiger partial charge is 0.258 e. The first-order valence-corrected chi connectivity index (χ1v) is 12.4. The van der Waals surface area contributed by atoms with Gasteiger partial charge in [-0.25, -0.2) is 0 Å². The van der Waals surface area contributed by atoms with Crippen LogP contribution < -0.4 is 20.7 Å². The second-order valence-electron chi connectivity index (χ2n) is 9.24. The van der Waals surface area contributed by atoms with Crippen LogP contribution in [0, 0.1) is 5.92 Å². The molecule has 0 aliphatic carbocycles. The molecule has 2 heterocycles. The van der Waals surface area contributed by atoms with Gasteiger partial charge in [0, 0.05) is 30.1 Å². The average Bonchev–Trinajstić information content (AvgIpc) is 2.98. The highest BCUT2D eigenvalue weighted by molar-refractivity contribution is 6.30. The van der Waals surface area contributed by atoms with Crippen molar-refractivity contribution in [2.75, 3.05) is 31.5 Å². The van der Waals surface area contributed by atoms with Crippen molar-refractivity contribution in [3.8, 4) is 5.75 Å². The van der Waals surface area contributed by atoms with Crippen molar-refractivity contribution < 1.29 is 14.3 Å². The van der Waals surface area contributed by atoms with E-state index in [4.69, 9.17) is 16.3 Å². The highest BCUT2D eigenvalue weighted by Gasteiger charge is 2.32. The first kappa shape index (κ1) is 24.5. The molecule has 0 unspecified atom stereocenters. The van der Waals surface area contributed by atoms with Gasteiger partial charge in [-0.15, -0.1) is 0 Å². The molecule has 1 fully saturated rings. The zero-order chi connectivity index (χ0) is 24.1. The van der Waals surface area contributed by atoms with Gasteiger partial charge in [-0.2, -0.15) is 0 Å².